The van der Waals surface area contributed by atoms with Gasteiger partial charge >= 0.3 is 6.18 Å². The molecule has 2 atom stereocenters. The van der Waals surface area contributed by atoms with E-state index in [2.05, 4.69) is 15.4 Å². The van der Waals surface area contributed by atoms with Crippen LogP contribution >= 0.6 is 11.6 Å². The van der Waals surface area contributed by atoms with E-state index in [4.69, 9.17) is 11.6 Å². The van der Waals surface area contributed by atoms with Gasteiger partial charge in [-0.1, -0.05) is 23.7 Å². The molecule has 0 fully saturated rings. The van der Waals surface area contributed by atoms with Crippen molar-refractivity contribution < 1.29 is 26.7 Å². The van der Waals surface area contributed by atoms with Crippen LogP contribution in [0.15, 0.2) is 53.7 Å². The van der Waals surface area contributed by atoms with Gasteiger partial charge in [-0.05, 0) is 47.7 Å². The number of aromatic nitrogens is 3. The van der Waals surface area contributed by atoms with Crippen LogP contribution in [0.25, 0.3) is 0 Å². The standard InChI is InChI=1S/C22H14ClF5N4O/c23-13-3-1-10(2-4-13)11-7-16-18(17(33)8-11)19(12-5-14(24)9-15(25)6-12)32-21(29-16)30-20(31-32)22(26,27)28/h1-6,9,11,19H,7-8H2,(H,29,30,31). The lowest BCUT2D eigenvalue weighted by Crippen LogP contribution is -2.33. The molecule has 0 amide bonds. The molecule has 2 unspecified atom stereocenters. The number of carbonyl (C=O) groups excluding carboxylic acids is 1. The van der Waals surface area contributed by atoms with Gasteiger partial charge in [-0.3, -0.25) is 4.79 Å². The number of hydrogen-bond donors (Lipinski definition) is 1. The molecule has 1 aliphatic heterocycles. The van der Waals surface area contributed by atoms with Crippen molar-refractivity contribution in [2.45, 2.75) is 31.0 Å². The molecular formula is C22H14ClF5N4O. The Morgan fingerprint density at radius 1 is 1.00 bits per heavy atom. The number of hydrogen-bond acceptors (Lipinski definition) is 4. The minimum Gasteiger partial charge on any atom is -0.328 e. The van der Waals surface area contributed by atoms with Crippen LogP contribution in [-0.2, 0) is 11.0 Å². The summed E-state index contributed by atoms with van der Waals surface area (Å²) in [6, 6.07) is 8.25. The van der Waals surface area contributed by atoms with Gasteiger partial charge in [-0.15, -0.1) is 5.10 Å². The molecule has 1 aromatic heterocycles. The van der Waals surface area contributed by atoms with E-state index in [0.717, 1.165) is 22.4 Å². The number of fused-ring (bicyclic) bond motifs is 1. The van der Waals surface area contributed by atoms with Gasteiger partial charge in [-0.2, -0.15) is 18.2 Å². The second-order valence-corrected chi connectivity index (χ2v) is 8.34. The van der Waals surface area contributed by atoms with E-state index in [1.807, 2.05) is 0 Å². The number of carbonyl (C=O) groups is 1. The van der Waals surface area contributed by atoms with Crippen molar-refractivity contribution >= 4 is 23.3 Å². The van der Waals surface area contributed by atoms with Gasteiger partial charge < -0.3 is 5.32 Å². The fraction of sp³-hybridized carbons (Fsp3) is 0.227. The predicted molar refractivity (Wildman–Crippen MR) is 109 cm³/mol. The molecule has 0 saturated carbocycles. The molecule has 2 aliphatic rings. The number of halogens is 6. The average molecular weight is 481 g/mol. The molecule has 0 spiro atoms. The molecule has 2 aromatic carbocycles. The summed E-state index contributed by atoms with van der Waals surface area (Å²) in [5.74, 6) is -4.17. The number of alkyl halides is 3. The molecular weight excluding hydrogens is 467 g/mol. The van der Waals surface area contributed by atoms with Gasteiger partial charge in [0.1, 0.15) is 17.7 Å². The van der Waals surface area contributed by atoms with Crippen LogP contribution in [0, 0.1) is 11.6 Å². The van der Waals surface area contributed by atoms with Crippen molar-refractivity contribution in [1.29, 1.82) is 0 Å². The van der Waals surface area contributed by atoms with Gasteiger partial charge in [0.2, 0.25) is 5.95 Å². The highest BCUT2D eigenvalue weighted by atomic mass is 35.5. The molecule has 1 N–H and O–H groups in total. The molecule has 5 nitrogen and oxygen atoms in total. The third-order valence-corrected chi connectivity index (χ3v) is 5.97. The Kier molecular flexibility index (Phi) is 5.00. The van der Waals surface area contributed by atoms with Crippen LogP contribution in [-0.4, -0.2) is 20.5 Å². The molecule has 3 aromatic rings. The SMILES string of the molecule is O=C1CC(c2ccc(Cl)cc2)CC2=C1C(c1cc(F)cc(F)c1)n1nc(C(F)(F)F)nc1N2. The maximum absolute atomic E-state index is 14.0. The average Bonchev–Trinajstić information content (AvgIpc) is 3.16. The molecule has 5 rings (SSSR count). The summed E-state index contributed by atoms with van der Waals surface area (Å²) in [5.41, 5.74) is 1.24. The quantitative estimate of drug-likeness (QED) is 0.482. The van der Waals surface area contributed by atoms with E-state index >= 15 is 0 Å². The Hall–Kier alpha value is -3.27. The third-order valence-electron chi connectivity index (χ3n) is 5.72. The largest absolute Gasteiger partial charge is 0.453 e. The van der Waals surface area contributed by atoms with Gasteiger partial charge in [0.15, 0.2) is 5.78 Å². The van der Waals surface area contributed by atoms with Crippen molar-refractivity contribution in [3.63, 3.8) is 0 Å². The van der Waals surface area contributed by atoms with Crippen LogP contribution in [0.1, 0.15) is 41.8 Å². The van der Waals surface area contributed by atoms with Crippen LogP contribution in [0.3, 0.4) is 0 Å². The molecule has 0 saturated heterocycles. The lowest BCUT2D eigenvalue weighted by atomic mass is 9.78. The first kappa shape index (κ1) is 21.6. The highest BCUT2D eigenvalue weighted by Crippen LogP contribution is 2.45. The first-order chi connectivity index (χ1) is 15.6. The Morgan fingerprint density at radius 3 is 2.30 bits per heavy atom. The molecule has 1 aliphatic carbocycles. The van der Waals surface area contributed by atoms with E-state index in [-0.39, 0.29) is 41.6 Å². The monoisotopic (exact) mass is 480 g/mol. The van der Waals surface area contributed by atoms with Crippen LogP contribution in [0.4, 0.5) is 27.9 Å². The zero-order valence-electron chi connectivity index (χ0n) is 16.6. The number of Topliss-reactive ketones (excluding diaryl/α,β-unsaturated/α-hetero) is 1. The Balaban J connectivity index is 1.64. The fourth-order valence-corrected chi connectivity index (χ4v) is 4.47. The topological polar surface area (TPSA) is 59.8 Å². The maximum atomic E-state index is 14.0. The fourth-order valence-electron chi connectivity index (χ4n) is 4.34. The first-order valence-corrected chi connectivity index (χ1v) is 10.3. The minimum atomic E-state index is -4.85. The summed E-state index contributed by atoms with van der Waals surface area (Å²) in [4.78, 5) is 16.8. The maximum Gasteiger partial charge on any atom is 0.453 e. The van der Waals surface area contributed by atoms with Crippen molar-refractivity contribution in [3.05, 3.63) is 87.3 Å². The van der Waals surface area contributed by atoms with Crippen LogP contribution < -0.4 is 5.32 Å². The summed E-state index contributed by atoms with van der Waals surface area (Å²) in [6.07, 6.45) is -4.50. The second-order valence-electron chi connectivity index (χ2n) is 7.90. The zero-order chi connectivity index (χ0) is 23.5. The van der Waals surface area contributed by atoms with Crippen molar-refractivity contribution in [2.75, 3.05) is 5.32 Å². The number of allylic oxidation sites excluding steroid dienone is 2. The molecule has 0 radical (unpaired) electrons. The molecule has 2 heterocycles. The smallest absolute Gasteiger partial charge is 0.328 e. The number of rotatable bonds is 2. The number of nitrogens with zero attached hydrogens (tertiary/aromatic N) is 3. The molecule has 0 bridgehead atoms. The highest BCUT2D eigenvalue weighted by Gasteiger charge is 2.43. The molecule has 33 heavy (non-hydrogen) atoms. The second kappa shape index (κ2) is 7.65. The van der Waals surface area contributed by atoms with Crippen LogP contribution in [0.5, 0.6) is 0 Å². The minimum absolute atomic E-state index is 0.0420. The predicted octanol–water partition coefficient (Wildman–Crippen LogP) is 5.64. The number of nitrogens with one attached hydrogen (secondary N) is 1. The van der Waals surface area contributed by atoms with Gasteiger partial charge in [0.05, 0.1) is 0 Å². The molecule has 170 valence electrons. The summed E-state index contributed by atoms with van der Waals surface area (Å²) in [7, 11) is 0. The zero-order valence-corrected chi connectivity index (χ0v) is 17.4. The summed E-state index contributed by atoms with van der Waals surface area (Å²) < 4.78 is 68.8. The number of anilines is 1. The Morgan fingerprint density at radius 2 is 1.67 bits per heavy atom. The highest BCUT2D eigenvalue weighted by molar-refractivity contribution is 6.30. The molecule has 11 heteroatoms. The summed E-state index contributed by atoms with van der Waals surface area (Å²) >= 11 is 5.94. The first-order valence-electron chi connectivity index (χ1n) is 9.88. The summed E-state index contributed by atoms with van der Waals surface area (Å²) in [5, 5.41) is 6.85. The van der Waals surface area contributed by atoms with E-state index in [1.165, 1.54) is 0 Å². The van der Waals surface area contributed by atoms with E-state index in [9.17, 15) is 26.7 Å². The van der Waals surface area contributed by atoms with Gasteiger partial charge in [0, 0.05) is 28.8 Å². The Bertz CT molecular complexity index is 1280. The number of ketones is 1. The van der Waals surface area contributed by atoms with Crippen LogP contribution in [0.2, 0.25) is 5.02 Å². The third kappa shape index (κ3) is 3.88. The van der Waals surface area contributed by atoms with Crippen molar-refractivity contribution in [2.24, 2.45) is 0 Å². The summed E-state index contributed by atoms with van der Waals surface area (Å²) in [6.45, 7) is 0. The van der Waals surface area contributed by atoms with Gasteiger partial charge in [0.25, 0.3) is 5.82 Å². The van der Waals surface area contributed by atoms with E-state index in [0.29, 0.717) is 16.8 Å². The van der Waals surface area contributed by atoms with Gasteiger partial charge in [-0.25, -0.2) is 13.5 Å². The van der Waals surface area contributed by atoms with Crippen molar-refractivity contribution in [3.8, 4) is 0 Å². The normalized spacial score (nSPS) is 20.4. The van der Waals surface area contributed by atoms with E-state index < -0.39 is 29.7 Å². The van der Waals surface area contributed by atoms with E-state index in [1.54, 1.807) is 24.3 Å². The number of benzene rings is 2. The Labute approximate surface area is 188 Å². The lowest BCUT2D eigenvalue weighted by Gasteiger charge is -2.35. The van der Waals surface area contributed by atoms with Crippen molar-refractivity contribution in [1.82, 2.24) is 14.8 Å². The lowest BCUT2D eigenvalue weighted by molar-refractivity contribution is -0.145.